The minimum Gasteiger partial charge on any atom is -0.450 e. The first-order valence-electron chi connectivity index (χ1n) is 10.5. The van der Waals surface area contributed by atoms with Gasteiger partial charge in [-0.1, -0.05) is 13.8 Å². The van der Waals surface area contributed by atoms with Gasteiger partial charge in [0.2, 0.25) is 0 Å². The van der Waals surface area contributed by atoms with Crippen molar-refractivity contribution in [3.05, 3.63) is 26.7 Å². The molecule has 0 saturated heterocycles. The third-order valence-corrected chi connectivity index (χ3v) is 6.57. The molecule has 29 heavy (non-hydrogen) atoms. The van der Waals surface area contributed by atoms with Crippen molar-refractivity contribution in [3.63, 3.8) is 0 Å². The lowest BCUT2D eigenvalue weighted by Gasteiger charge is -2.37. The van der Waals surface area contributed by atoms with Gasteiger partial charge in [0.25, 0.3) is 5.56 Å². The van der Waals surface area contributed by atoms with Crippen LogP contribution in [0.2, 0.25) is 0 Å². The number of carboxylic acid groups (broad SMARTS) is 1. The van der Waals surface area contributed by atoms with E-state index in [-0.39, 0.29) is 16.7 Å². The second-order valence-electron chi connectivity index (χ2n) is 8.54. The Morgan fingerprint density at radius 3 is 2.55 bits per heavy atom. The van der Waals surface area contributed by atoms with E-state index in [0.717, 1.165) is 25.7 Å². The lowest BCUT2D eigenvalue weighted by Crippen LogP contribution is -2.40. The highest BCUT2D eigenvalue weighted by Gasteiger charge is 2.55. The van der Waals surface area contributed by atoms with Gasteiger partial charge in [0, 0.05) is 18.5 Å². The smallest absolute Gasteiger partial charge is 0.450 e. The molecule has 2 aliphatic carbocycles. The van der Waals surface area contributed by atoms with E-state index in [2.05, 4.69) is 4.98 Å². The summed E-state index contributed by atoms with van der Waals surface area (Å²) in [6.45, 7) is 4.77. The van der Waals surface area contributed by atoms with Crippen LogP contribution >= 0.6 is 0 Å². The van der Waals surface area contributed by atoms with E-state index in [1.165, 1.54) is 4.57 Å². The fourth-order valence-corrected chi connectivity index (χ4v) is 5.34. The molecule has 0 spiro atoms. The maximum atomic E-state index is 13.0. The number of hydrogen-bond acceptors (Lipinski definition) is 5. The van der Waals surface area contributed by atoms with Crippen LogP contribution in [0.25, 0.3) is 11.2 Å². The monoisotopic (exact) mass is 404 g/mol. The Kier molecular flexibility index (Phi) is 4.78. The van der Waals surface area contributed by atoms with Crippen molar-refractivity contribution >= 4 is 17.3 Å². The highest BCUT2D eigenvalue weighted by Crippen LogP contribution is 2.55. The average molecular weight is 404 g/mol. The third-order valence-electron chi connectivity index (χ3n) is 6.57. The van der Waals surface area contributed by atoms with Gasteiger partial charge in [-0.15, -0.1) is 0 Å². The maximum Gasteiger partial charge on any atom is 0.506 e. The molecule has 2 atom stereocenters. The van der Waals surface area contributed by atoms with E-state index in [1.807, 2.05) is 13.8 Å². The Labute approximate surface area is 167 Å². The van der Waals surface area contributed by atoms with E-state index in [4.69, 9.17) is 14.8 Å². The fourth-order valence-electron chi connectivity index (χ4n) is 5.34. The largest absolute Gasteiger partial charge is 0.506 e. The van der Waals surface area contributed by atoms with Gasteiger partial charge >= 0.3 is 11.8 Å². The van der Waals surface area contributed by atoms with Crippen molar-refractivity contribution in [1.29, 1.82) is 0 Å². The summed E-state index contributed by atoms with van der Waals surface area (Å²) in [7, 11) is 0. The van der Waals surface area contributed by atoms with E-state index >= 15 is 0 Å². The Hall–Kier alpha value is -2.58. The highest BCUT2D eigenvalue weighted by atomic mass is 16.7. The fraction of sp³-hybridized carbons (Fsp3) is 0.700. The first-order chi connectivity index (χ1) is 13.8. The molecule has 2 unspecified atom stereocenters. The zero-order chi connectivity index (χ0) is 20.8. The molecule has 2 N–H and O–H groups in total. The molecular formula is C20H28N4O5. The number of hydrogen-bond donors (Lipinski definition) is 2. The van der Waals surface area contributed by atoms with Crippen molar-refractivity contribution in [1.82, 2.24) is 19.1 Å². The third kappa shape index (κ3) is 3.07. The van der Waals surface area contributed by atoms with Crippen LogP contribution in [0.4, 0.5) is 4.79 Å². The van der Waals surface area contributed by atoms with Gasteiger partial charge in [-0.2, -0.15) is 0 Å². The van der Waals surface area contributed by atoms with Crippen LogP contribution in [-0.4, -0.2) is 36.0 Å². The van der Waals surface area contributed by atoms with Gasteiger partial charge in [-0.3, -0.25) is 13.9 Å². The molecule has 2 bridgehead atoms. The molecule has 158 valence electrons. The molecule has 2 saturated carbocycles. The van der Waals surface area contributed by atoms with Gasteiger partial charge < -0.3 is 14.8 Å². The number of nitrogens with zero attached hydrogens (tertiary/aromatic N) is 3. The number of fused-ring (bicyclic) bond motifs is 3. The Morgan fingerprint density at radius 2 is 1.86 bits per heavy atom. The van der Waals surface area contributed by atoms with Gasteiger partial charge in [-0.25, -0.2) is 14.6 Å². The summed E-state index contributed by atoms with van der Waals surface area (Å²) in [6, 6.07) is 0. The van der Waals surface area contributed by atoms with E-state index in [1.54, 1.807) is 4.57 Å². The Morgan fingerprint density at radius 1 is 1.14 bits per heavy atom. The normalized spacial score (nSPS) is 26.1. The number of ether oxygens (including phenoxy) is 1. The number of aromatic nitrogens is 4. The molecule has 4 rings (SSSR count). The summed E-state index contributed by atoms with van der Waals surface area (Å²) >= 11 is 0. The second kappa shape index (κ2) is 7.03. The van der Waals surface area contributed by atoms with Crippen LogP contribution in [0, 0.1) is 0 Å². The lowest BCUT2D eigenvalue weighted by atomic mass is 9.73. The zero-order valence-corrected chi connectivity index (χ0v) is 17.0. The first-order valence-corrected chi connectivity index (χ1v) is 10.5. The predicted octanol–water partition coefficient (Wildman–Crippen LogP) is 2.75. The number of aromatic amines is 1. The van der Waals surface area contributed by atoms with Crippen LogP contribution < -0.4 is 11.2 Å². The van der Waals surface area contributed by atoms with Crippen LogP contribution in [0.1, 0.15) is 71.0 Å². The average Bonchev–Trinajstić information content (AvgIpc) is 3.22. The quantitative estimate of drug-likeness (QED) is 0.715. The molecule has 9 heteroatoms. The van der Waals surface area contributed by atoms with E-state index in [9.17, 15) is 14.4 Å². The van der Waals surface area contributed by atoms with Gasteiger partial charge in [0.1, 0.15) is 16.9 Å². The number of H-pyrrole nitrogens is 1. The van der Waals surface area contributed by atoms with Crippen molar-refractivity contribution in [2.75, 3.05) is 0 Å². The summed E-state index contributed by atoms with van der Waals surface area (Å²) in [5.41, 5.74) is -0.911. The second-order valence-corrected chi connectivity index (χ2v) is 8.54. The standard InChI is InChI=1S/C20H28N4O5/c1-3-10-23-14-13(15(25)24(11-4-2)17(23)26)21-16(22-14)19-6-5-7-20(12-19,9-8-19)29-18(27)28/h3-12H2,1-2H3,(H,21,22)(H,27,28). The summed E-state index contributed by atoms with van der Waals surface area (Å²) in [5.74, 6) is 0.679. The molecule has 2 fully saturated rings. The minimum absolute atomic E-state index is 0.319. The molecule has 0 amide bonds. The Balaban J connectivity index is 1.85. The van der Waals surface area contributed by atoms with Crippen LogP contribution in [0.3, 0.4) is 0 Å². The number of nitrogens with one attached hydrogen (secondary N) is 1. The Bertz CT molecular complexity index is 1070. The molecule has 9 nitrogen and oxygen atoms in total. The summed E-state index contributed by atoms with van der Waals surface area (Å²) in [5, 5.41) is 9.17. The summed E-state index contributed by atoms with van der Waals surface area (Å²) in [6.07, 6.45) is 4.57. The van der Waals surface area contributed by atoms with Crippen molar-refractivity contribution in [2.24, 2.45) is 0 Å². The highest BCUT2D eigenvalue weighted by molar-refractivity contribution is 5.70. The van der Waals surface area contributed by atoms with Gasteiger partial charge in [0.15, 0.2) is 5.65 Å². The minimum atomic E-state index is -1.24. The molecule has 2 aromatic rings. The van der Waals surface area contributed by atoms with Crippen LogP contribution in [0.5, 0.6) is 0 Å². The molecule has 0 aromatic carbocycles. The van der Waals surface area contributed by atoms with Crippen molar-refractivity contribution in [3.8, 4) is 0 Å². The topological polar surface area (TPSA) is 119 Å². The van der Waals surface area contributed by atoms with Gasteiger partial charge in [-0.05, 0) is 51.4 Å². The summed E-state index contributed by atoms with van der Waals surface area (Å²) < 4.78 is 8.17. The molecule has 0 radical (unpaired) electrons. The number of imidazole rings is 1. The maximum absolute atomic E-state index is 13.0. The molecular weight excluding hydrogens is 376 g/mol. The van der Waals surface area contributed by atoms with Crippen molar-refractivity contribution in [2.45, 2.75) is 89.3 Å². The summed E-state index contributed by atoms with van der Waals surface area (Å²) in [4.78, 5) is 45.1. The number of carbonyl (C=O) groups is 1. The molecule has 0 aliphatic heterocycles. The van der Waals surface area contributed by atoms with Crippen LogP contribution in [-0.2, 0) is 23.2 Å². The predicted molar refractivity (Wildman–Crippen MR) is 106 cm³/mol. The van der Waals surface area contributed by atoms with E-state index < -0.39 is 11.8 Å². The van der Waals surface area contributed by atoms with Crippen LogP contribution in [0.15, 0.2) is 9.59 Å². The molecule has 2 aliphatic rings. The number of rotatable bonds is 6. The van der Waals surface area contributed by atoms with E-state index in [0.29, 0.717) is 55.8 Å². The zero-order valence-electron chi connectivity index (χ0n) is 17.0. The first kappa shape index (κ1) is 19.7. The molecule has 2 aromatic heterocycles. The SMILES string of the molecule is CCCn1c(=O)c2[nH]c(C34CCCC(OC(=O)O)(CC3)C4)nc2n(CCC)c1=O. The molecule has 2 heterocycles. The van der Waals surface area contributed by atoms with Crippen molar-refractivity contribution < 1.29 is 14.6 Å². The van der Waals surface area contributed by atoms with Gasteiger partial charge in [0.05, 0.1) is 0 Å². The number of aryl methyl sites for hydroxylation is 1. The lowest BCUT2D eigenvalue weighted by molar-refractivity contribution is -0.0347.